The molecule has 0 radical (unpaired) electrons. The molecule has 1 aliphatic carbocycles. The molecule has 0 aliphatic heterocycles. The highest BCUT2D eigenvalue weighted by atomic mass is 19.3. The lowest BCUT2D eigenvalue weighted by atomic mass is 9.61. The van der Waals surface area contributed by atoms with Gasteiger partial charge in [0.05, 0.1) is 6.54 Å². The second-order valence-electron chi connectivity index (χ2n) is 4.18. The van der Waals surface area contributed by atoms with Crippen molar-refractivity contribution in [3.63, 3.8) is 0 Å². The smallest absolute Gasteiger partial charge is 0.255 e. The number of nitrogens with zero attached hydrogens (tertiary/aromatic N) is 1. The highest BCUT2D eigenvalue weighted by Gasteiger charge is 2.52. The third-order valence-electron chi connectivity index (χ3n) is 2.84. The van der Waals surface area contributed by atoms with Crippen molar-refractivity contribution in [2.45, 2.75) is 26.2 Å². The molecule has 1 rings (SSSR count). The van der Waals surface area contributed by atoms with Crippen LogP contribution in [0.2, 0.25) is 0 Å². The quantitative estimate of drug-likeness (QED) is 0.287. The summed E-state index contributed by atoms with van der Waals surface area (Å²) in [4.78, 5) is 11.7. The van der Waals surface area contributed by atoms with E-state index >= 15 is 0 Å². The molecule has 0 aromatic rings. The summed E-state index contributed by atoms with van der Waals surface area (Å²) in [7, 11) is 0. The van der Waals surface area contributed by atoms with Gasteiger partial charge >= 0.3 is 0 Å². The van der Waals surface area contributed by atoms with E-state index in [0.717, 1.165) is 0 Å². The van der Waals surface area contributed by atoms with Crippen LogP contribution in [0.15, 0.2) is 5.16 Å². The summed E-state index contributed by atoms with van der Waals surface area (Å²) in [5.41, 5.74) is 4.33. The van der Waals surface area contributed by atoms with Crippen molar-refractivity contribution >= 4 is 11.7 Å². The van der Waals surface area contributed by atoms with Gasteiger partial charge in [-0.05, 0) is 18.8 Å². The number of hydrogen-bond acceptors (Lipinski definition) is 3. The molecule has 0 heterocycles. The Hall–Kier alpha value is -1.40. The van der Waals surface area contributed by atoms with Gasteiger partial charge < -0.3 is 16.3 Å². The lowest BCUT2D eigenvalue weighted by Crippen LogP contribution is -2.57. The van der Waals surface area contributed by atoms with Crippen molar-refractivity contribution in [1.82, 2.24) is 5.32 Å². The van der Waals surface area contributed by atoms with Gasteiger partial charge in [-0.15, -0.1) is 0 Å². The molecular weight excluding hydrogens is 220 g/mol. The van der Waals surface area contributed by atoms with E-state index in [2.05, 4.69) is 10.5 Å². The number of amides is 1. The van der Waals surface area contributed by atoms with E-state index in [1.54, 1.807) is 0 Å². The predicted octanol–water partition coefficient (Wildman–Crippen LogP) is 0.530. The first-order valence-corrected chi connectivity index (χ1v) is 4.97. The summed E-state index contributed by atoms with van der Waals surface area (Å²) in [5.74, 6) is -0.545. The van der Waals surface area contributed by atoms with E-state index in [1.807, 2.05) is 6.92 Å². The molecule has 0 saturated heterocycles. The number of halogens is 2. The number of amidine groups is 1. The third-order valence-corrected chi connectivity index (χ3v) is 2.84. The van der Waals surface area contributed by atoms with Crippen molar-refractivity contribution in [2.75, 3.05) is 6.54 Å². The van der Waals surface area contributed by atoms with E-state index in [-0.39, 0.29) is 11.8 Å². The molecule has 0 atom stereocenters. The number of oxime groups is 1. The third kappa shape index (κ3) is 2.23. The first-order valence-electron chi connectivity index (χ1n) is 4.97. The number of carbonyl (C=O) groups is 1. The van der Waals surface area contributed by atoms with Gasteiger partial charge in [0, 0.05) is 0 Å². The van der Waals surface area contributed by atoms with Crippen LogP contribution in [0.3, 0.4) is 0 Å². The van der Waals surface area contributed by atoms with Crippen molar-refractivity contribution < 1.29 is 18.8 Å². The minimum atomic E-state index is -2.61. The maximum absolute atomic E-state index is 11.9. The molecular formula is C9H15F2N3O2. The van der Waals surface area contributed by atoms with E-state index in [0.29, 0.717) is 12.8 Å². The molecule has 1 amide bonds. The molecule has 1 aliphatic rings. The zero-order chi connectivity index (χ0) is 12.3. The lowest BCUT2D eigenvalue weighted by molar-refractivity contribution is -0.133. The van der Waals surface area contributed by atoms with E-state index in [4.69, 9.17) is 10.9 Å². The van der Waals surface area contributed by atoms with Crippen LogP contribution >= 0.6 is 0 Å². The Morgan fingerprint density at radius 2 is 2.25 bits per heavy atom. The lowest BCUT2D eigenvalue weighted by Gasteiger charge is -2.43. The van der Waals surface area contributed by atoms with Gasteiger partial charge in [-0.1, -0.05) is 12.1 Å². The van der Waals surface area contributed by atoms with Crippen LogP contribution in [0, 0.1) is 11.3 Å². The zero-order valence-corrected chi connectivity index (χ0v) is 8.91. The molecule has 0 unspecified atom stereocenters. The minimum Gasteiger partial charge on any atom is -0.409 e. The molecule has 0 aromatic carbocycles. The molecule has 0 aromatic heterocycles. The number of alkyl halides is 2. The van der Waals surface area contributed by atoms with Gasteiger partial charge in [0.2, 0.25) is 5.91 Å². The van der Waals surface area contributed by atoms with Gasteiger partial charge in [0.15, 0.2) is 5.84 Å². The maximum Gasteiger partial charge on any atom is 0.255 e. The average Bonchev–Trinajstić information content (AvgIpc) is 2.19. The number of rotatable bonds is 4. The Balaban J connectivity index is 2.68. The summed E-state index contributed by atoms with van der Waals surface area (Å²) in [6, 6.07) is 0. The summed E-state index contributed by atoms with van der Waals surface area (Å²) in [5, 5.41) is 13.5. The summed E-state index contributed by atoms with van der Waals surface area (Å²) in [6.07, 6.45) is -1.78. The van der Waals surface area contributed by atoms with Gasteiger partial charge in [-0.3, -0.25) is 4.79 Å². The van der Waals surface area contributed by atoms with Crippen LogP contribution in [0.25, 0.3) is 0 Å². The van der Waals surface area contributed by atoms with Crippen molar-refractivity contribution in [3.8, 4) is 0 Å². The summed E-state index contributed by atoms with van der Waals surface area (Å²) in [6.45, 7) is 1.19. The molecule has 7 heteroatoms. The largest absolute Gasteiger partial charge is 0.409 e. The molecule has 1 fully saturated rings. The molecule has 4 N–H and O–H groups in total. The average molecular weight is 235 g/mol. The Morgan fingerprint density at radius 3 is 2.62 bits per heavy atom. The monoisotopic (exact) mass is 235 g/mol. The highest BCUT2D eigenvalue weighted by molar-refractivity contribution is 6.07. The van der Waals surface area contributed by atoms with Crippen LogP contribution in [-0.2, 0) is 4.79 Å². The predicted molar refractivity (Wildman–Crippen MR) is 53.3 cm³/mol. The first kappa shape index (κ1) is 12.7. The van der Waals surface area contributed by atoms with Gasteiger partial charge in [0.1, 0.15) is 5.41 Å². The molecule has 92 valence electrons. The normalized spacial score (nSPS) is 30.0. The van der Waals surface area contributed by atoms with Crippen LogP contribution < -0.4 is 11.1 Å². The SMILES string of the molecule is CC1CC(C(=O)NCC(F)F)(C(N)=NO)C1. The van der Waals surface area contributed by atoms with Crippen LogP contribution in [0.4, 0.5) is 8.78 Å². The highest BCUT2D eigenvalue weighted by Crippen LogP contribution is 2.45. The number of nitrogens with two attached hydrogens (primary N) is 1. The second-order valence-corrected chi connectivity index (χ2v) is 4.18. The topological polar surface area (TPSA) is 87.7 Å². The van der Waals surface area contributed by atoms with Crippen molar-refractivity contribution in [2.24, 2.45) is 22.2 Å². The molecule has 0 spiro atoms. The number of nitrogens with one attached hydrogen (secondary N) is 1. The van der Waals surface area contributed by atoms with Crippen LogP contribution in [0.5, 0.6) is 0 Å². The van der Waals surface area contributed by atoms with Crippen molar-refractivity contribution in [3.05, 3.63) is 0 Å². The van der Waals surface area contributed by atoms with E-state index in [9.17, 15) is 13.6 Å². The maximum atomic E-state index is 11.9. The minimum absolute atomic E-state index is 0.211. The first-order chi connectivity index (χ1) is 7.42. The summed E-state index contributed by atoms with van der Waals surface area (Å²) < 4.78 is 23.9. The fraction of sp³-hybridized carbons (Fsp3) is 0.778. The Kier molecular flexibility index (Phi) is 3.66. The molecule has 5 nitrogen and oxygen atoms in total. The number of hydrogen-bond donors (Lipinski definition) is 3. The molecule has 16 heavy (non-hydrogen) atoms. The molecule has 0 bridgehead atoms. The Bertz CT molecular complexity index is 301. The fourth-order valence-corrected chi connectivity index (χ4v) is 2.08. The van der Waals surface area contributed by atoms with Crippen molar-refractivity contribution in [1.29, 1.82) is 0 Å². The molecule has 1 saturated carbocycles. The van der Waals surface area contributed by atoms with Gasteiger partial charge in [0.25, 0.3) is 6.43 Å². The number of carbonyl (C=O) groups excluding carboxylic acids is 1. The van der Waals surface area contributed by atoms with Gasteiger partial charge in [-0.25, -0.2) is 8.78 Å². The van der Waals surface area contributed by atoms with Crippen LogP contribution in [0.1, 0.15) is 19.8 Å². The van der Waals surface area contributed by atoms with Gasteiger partial charge in [-0.2, -0.15) is 0 Å². The standard InChI is InChI=1S/C9H15F2N3O2/c1-5-2-9(3-5,7(12)14-16)8(15)13-4-6(10)11/h5-6,16H,2-4H2,1H3,(H2,12,14)(H,13,15). The zero-order valence-electron chi connectivity index (χ0n) is 8.91. The summed E-state index contributed by atoms with van der Waals surface area (Å²) >= 11 is 0. The van der Waals surface area contributed by atoms with E-state index in [1.165, 1.54) is 0 Å². The second kappa shape index (κ2) is 4.63. The van der Waals surface area contributed by atoms with Crippen LogP contribution in [-0.4, -0.2) is 29.9 Å². The van der Waals surface area contributed by atoms with E-state index < -0.39 is 24.3 Å². The fourth-order valence-electron chi connectivity index (χ4n) is 2.08. The Morgan fingerprint density at radius 1 is 1.69 bits per heavy atom. The Labute approximate surface area is 91.7 Å².